The van der Waals surface area contributed by atoms with Gasteiger partial charge >= 0.3 is 28.0 Å². The summed E-state index contributed by atoms with van der Waals surface area (Å²) in [5, 5.41) is 3.40. The van der Waals surface area contributed by atoms with Gasteiger partial charge in [-0.25, -0.2) is 4.57 Å². The van der Waals surface area contributed by atoms with Crippen molar-refractivity contribution < 1.29 is 55.9 Å². The monoisotopic (exact) mass is 543 g/mol. The van der Waals surface area contributed by atoms with Crippen molar-refractivity contribution in [3.8, 4) is 0 Å². The van der Waals surface area contributed by atoms with Gasteiger partial charge in [-0.15, -0.1) is 4.52 Å². The molecule has 0 bridgehead atoms. The molecule has 0 spiro atoms. The fraction of sp³-hybridized carbons (Fsp3) is 0.889. The molecule has 0 aromatic rings. The molecule has 0 aromatic carbocycles. The van der Waals surface area contributed by atoms with Gasteiger partial charge in [0, 0.05) is 18.8 Å². The summed E-state index contributed by atoms with van der Waals surface area (Å²) < 4.78 is 61.0. The number of phosphoric ester groups is 1. The number of hydrogen-bond acceptors (Lipinski definition) is 13. The molecule has 0 aliphatic carbocycles. The van der Waals surface area contributed by atoms with E-state index in [1.807, 2.05) is 13.8 Å². The Morgan fingerprint density at radius 2 is 1.60 bits per heavy atom. The second-order valence-corrected chi connectivity index (χ2v) is 9.66. The van der Waals surface area contributed by atoms with Crippen LogP contribution in [0.1, 0.15) is 53.4 Å². The number of carbonyl (C=O) groups is 2. The molecular weight excluding hydrogens is 512 g/mol. The third-order valence-electron chi connectivity index (χ3n) is 4.49. The minimum Gasteiger partial charge on any atom is -0.566 e. The van der Waals surface area contributed by atoms with Crippen LogP contribution in [0, 0.1) is 0 Å². The van der Waals surface area contributed by atoms with Gasteiger partial charge in [0.15, 0.2) is 12.2 Å². The van der Waals surface area contributed by atoms with Crippen LogP contribution in [0.15, 0.2) is 5.11 Å². The first-order chi connectivity index (χ1) is 16.6. The van der Waals surface area contributed by atoms with E-state index in [2.05, 4.69) is 10.0 Å². The summed E-state index contributed by atoms with van der Waals surface area (Å²) in [5.74, 6) is -1.68. The summed E-state index contributed by atoms with van der Waals surface area (Å²) in [6, 6.07) is -1.55. The summed E-state index contributed by atoms with van der Waals surface area (Å²) in [5.41, 5.74) is 8.93. The van der Waals surface area contributed by atoms with Gasteiger partial charge < -0.3 is 19.1 Å². The summed E-state index contributed by atoms with van der Waals surface area (Å²) in [7, 11) is -7.60. The highest BCUT2D eigenvalue weighted by Crippen LogP contribution is 2.50. The maximum Gasteiger partial charge on any atom is 0.491 e. The lowest BCUT2D eigenvalue weighted by Crippen LogP contribution is -2.60. The molecule has 1 aliphatic rings. The molecule has 0 amide bonds. The van der Waals surface area contributed by atoms with Crippen LogP contribution >= 0.6 is 16.1 Å². The summed E-state index contributed by atoms with van der Waals surface area (Å²) in [6.07, 6.45) is -3.44. The van der Waals surface area contributed by atoms with E-state index in [1.54, 1.807) is 0 Å². The first kappa shape index (κ1) is 31.4. The van der Waals surface area contributed by atoms with Crippen molar-refractivity contribution in [2.45, 2.75) is 84.0 Å². The second kappa shape index (κ2) is 16.2. The van der Waals surface area contributed by atoms with Crippen LogP contribution in [0.5, 0.6) is 0 Å². The Morgan fingerprint density at radius 1 is 1.06 bits per heavy atom. The first-order valence-electron chi connectivity index (χ1n) is 11.0. The average Bonchev–Trinajstić information content (AvgIpc) is 2.76. The molecule has 1 heterocycles. The number of rotatable bonds is 16. The predicted octanol–water partition coefficient (Wildman–Crippen LogP) is 3.05. The standard InChI is InChI=1S/C18H31N3O12P2/c1-5-7-9-27-35(26,28-10-8-6-2)29-11-14-16(30-12(3)22)17(31-13(4)23)15(20-21-19)18(32-14)33-34(24)25/h14-18H,5-11H2,1-4H3/t14?,15?,16-,17-,18-/m1/s1. The highest BCUT2D eigenvalue weighted by molar-refractivity contribution is 7.48. The second-order valence-electron chi connectivity index (χ2n) is 7.33. The fourth-order valence-corrected chi connectivity index (χ4v) is 4.56. The quantitative estimate of drug-likeness (QED) is 0.0688. The lowest BCUT2D eigenvalue weighted by Gasteiger charge is -2.41. The first-order valence-corrected chi connectivity index (χ1v) is 13.5. The zero-order valence-electron chi connectivity index (χ0n) is 20.0. The van der Waals surface area contributed by atoms with Gasteiger partial charge in [0.05, 0.1) is 19.8 Å². The molecule has 1 aliphatic heterocycles. The Morgan fingerprint density at radius 3 is 2.06 bits per heavy atom. The van der Waals surface area contributed by atoms with Crippen LogP contribution in [-0.4, -0.2) is 62.4 Å². The minimum atomic E-state index is -4.10. The Kier molecular flexibility index (Phi) is 14.5. The minimum absolute atomic E-state index is 0.0796. The van der Waals surface area contributed by atoms with Crippen molar-refractivity contribution in [2.75, 3.05) is 19.8 Å². The van der Waals surface area contributed by atoms with E-state index in [1.165, 1.54) is 0 Å². The van der Waals surface area contributed by atoms with Crippen molar-refractivity contribution in [3.05, 3.63) is 10.4 Å². The largest absolute Gasteiger partial charge is 0.566 e. The van der Waals surface area contributed by atoms with Gasteiger partial charge in [-0.1, -0.05) is 31.8 Å². The van der Waals surface area contributed by atoms with Gasteiger partial charge in [-0.3, -0.25) is 23.2 Å². The number of nitrogens with zero attached hydrogens (tertiary/aromatic N) is 3. The topological polar surface area (TPSA) is 205 Å². The zero-order valence-corrected chi connectivity index (χ0v) is 21.8. The molecule has 0 N–H and O–H groups in total. The highest BCUT2D eigenvalue weighted by atomic mass is 31.2. The molecule has 6 atom stereocenters. The van der Waals surface area contributed by atoms with E-state index in [4.69, 9.17) is 37.8 Å². The molecule has 15 nitrogen and oxygen atoms in total. The number of azide groups is 1. The number of ether oxygens (including phenoxy) is 3. The molecule has 17 heteroatoms. The van der Waals surface area contributed by atoms with Crippen LogP contribution in [0.25, 0.3) is 10.4 Å². The van der Waals surface area contributed by atoms with Crippen molar-refractivity contribution in [2.24, 2.45) is 5.11 Å². The van der Waals surface area contributed by atoms with Crippen LogP contribution in [0.3, 0.4) is 0 Å². The van der Waals surface area contributed by atoms with Crippen LogP contribution in [0.2, 0.25) is 0 Å². The molecule has 0 aromatic heterocycles. The van der Waals surface area contributed by atoms with Gasteiger partial charge in [0.1, 0.15) is 12.1 Å². The van der Waals surface area contributed by atoms with E-state index in [-0.39, 0.29) is 13.2 Å². The van der Waals surface area contributed by atoms with E-state index in [0.717, 1.165) is 26.7 Å². The Labute approximate surface area is 203 Å². The lowest BCUT2D eigenvalue weighted by molar-refractivity contribution is -0.266. The molecule has 0 saturated carbocycles. The van der Waals surface area contributed by atoms with E-state index in [9.17, 15) is 23.6 Å². The van der Waals surface area contributed by atoms with Crippen LogP contribution in [0.4, 0.5) is 0 Å². The number of hydrogen-bond donors (Lipinski definition) is 0. The molecule has 0 radical (unpaired) electrons. The molecule has 35 heavy (non-hydrogen) atoms. The van der Waals surface area contributed by atoms with Crippen LogP contribution in [-0.2, 0) is 51.0 Å². The number of unbranched alkanes of at least 4 members (excludes halogenated alkanes) is 2. The lowest BCUT2D eigenvalue weighted by atomic mass is 9.97. The average molecular weight is 543 g/mol. The zero-order chi connectivity index (χ0) is 26.4. The van der Waals surface area contributed by atoms with E-state index >= 15 is 0 Å². The highest BCUT2D eigenvalue weighted by Gasteiger charge is 2.52. The molecule has 1 fully saturated rings. The molecule has 1 saturated heterocycles. The van der Waals surface area contributed by atoms with Crippen molar-refractivity contribution in [1.82, 2.24) is 0 Å². The van der Waals surface area contributed by atoms with E-state index < -0.39 is 65.3 Å². The smallest absolute Gasteiger partial charge is 0.491 e. The van der Waals surface area contributed by atoms with Gasteiger partial charge in [-0.05, 0) is 22.9 Å². The summed E-state index contributed by atoms with van der Waals surface area (Å²) >= 11 is 0. The SMILES string of the molecule is CCCCOP(=O)(OCCCC)OCC1O[C@H](O[P+](=O)[O-])C(N=[N+]=[N-])[C@@H](OC(C)=O)[C@@H]1OC(C)=O. The molecule has 3 unspecified atom stereocenters. The van der Waals surface area contributed by atoms with Crippen molar-refractivity contribution in [3.63, 3.8) is 0 Å². The maximum absolute atomic E-state index is 13.1. The summed E-state index contributed by atoms with van der Waals surface area (Å²) in [6.45, 7) is 5.47. The normalized spacial score (nSPS) is 24.8. The third-order valence-corrected chi connectivity index (χ3v) is 6.33. The Bertz CT molecular complexity index is 796. The number of esters is 2. The van der Waals surface area contributed by atoms with Gasteiger partial charge in [0.2, 0.25) is 6.29 Å². The fourth-order valence-electron chi connectivity index (χ4n) is 2.96. The van der Waals surface area contributed by atoms with Gasteiger partial charge in [0.25, 0.3) is 0 Å². The molecule has 200 valence electrons. The van der Waals surface area contributed by atoms with Crippen LogP contribution < -0.4 is 4.89 Å². The summed E-state index contributed by atoms with van der Waals surface area (Å²) in [4.78, 5) is 37.3. The Balaban J connectivity index is 3.26. The van der Waals surface area contributed by atoms with E-state index in [0.29, 0.717) is 12.8 Å². The Hall–Kier alpha value is -1.66. The predicted molar refractivity (Wildman–Crippen MR) is 117 cm³/mol. The number of phosphoric acid groups is 1. The van der Waals surface area contributed by atoms with Crippen molar-refractivity contribution in [1.29, 1.82) is 0 Å². The van der Waals surface area contributed by atoms with Gasteiger partial charge in [-0.2, -0.15) is 0 Å². The molecular formula is C18H31N3O12P2. The molecule has 1 rings (SSSR count). The van der Waals surface area contributed by atoms with Crippen molar-refractivity contribution >= 4 is 28.0 Å². The maximum atomic E-state index is 13.1. The number of carbonyl (C=O) groups excluding carboxylic acids is 2. The third kappa shape index (κ3) is 11.3.